The molecule has 0 spiro atoms. The third-order valence-corrected chi connectivity index (χ3v) is 4.73. The summed E-state index contributed by atoms with van der Waals surface area (Å²) in [5.74, 6) is 0.733. The number of aromatic amines is 1. The lowest BCUT2D eigenvalue weighted by molar-refractivity contribution is 0.0952. The maximum absolute atomic E-state index is 12.5. The van der Waals surface area contributed by atoms with Crippen LogP contribution in [-0.4, -0.2) is 23.2 Å². The number of hydrogen-bond donors (Lipinski definition) is 2. The molecular formula is C20H18N2O5. The van der Waals surface area contributed by atoms with Crippen molar-refractivity contribution in [2.24, 2.45) is 0 Å². The Hall–Kier alpha value is -3.35. The molecule has 2 N–H and O–H groups in total. The number of furan rings is 2. The topological polar surface area (TPSA) is 105 Å². The van der Waals surface area contributed by atoms with Crippen LogP contribution in [0.2, 0.25) is 0 Å². The first-order chi connectivity index (χ1) is 13.1. The van der Waals surface area contributed by atoms with E-state index in [-0.39, 0.29) is 23.7 Å². The molecule has 0 aromatic carbocycles. The first-order valence-electron chi connectivity index (χ1n) is 8.75. The minimum absolute atomic E-state index is 0.0574. The van der Waals surface area contributed by atoms with Crippen molar-refractivity contribution in [3.8, 4) is 0 Å². The Kier molecular flexibility index (Phi) is 4.50. The molecule has 3 aromatic heterocycles. The van der Waals surface area contributed by atoms with Crippen LogP contribution in [0.3, 0.4) is 0 Å². The van der Waals surface area contributed by atoms with Crippen molar-refractivity contribution in [3.05, 3.63) is 81.6 Å². The molecule has 1 aliphatic carbocycles. The smallest absolute Gasteiger partial charge is 0.261 e. The summed E-state index contributed by atoms with van der Waals surface area (Å²) in [5.41, 5.74) is 0.383. The molecule has 0 saturated carbocycles. The Morgan fingerprint density at radius 1 is 1.15 bits per heavy atom. The van der Waals surface area contributed by atoms with Gasteiger partial charge in [0.2, 0.25) is 0 Å². The van der Waals surface area contributed by atoms with Gasteiger partial charge in [-0.15, -0.1) is 0 Å². The number of nitrogens with one attached hydrogen (secondary N) is 2. The lowest BCUT2D eigenvalue weighted by atomic mass is 9.84. The summed E-state index contributed by atoms with van der Waals surface area (Å²) < 4.78 is 10.6. The fraction of sp³-hybridized carbons (Fsp3) is 0.250. The van der Waals surface area contributed by atoms with Gasteiger partial charge in [-0.2, -0.15) is 0 Å². The molecule has 7 heteroatoms. The Bertz CT molecular complexity index is 1020. The summed E-state index contributed by atoms with van der Waals surface area (Å²) in [6, 6.07) is 8.58. The van der Waals surface area contributed by atoms with E-state index in [4.69, 9.17) is 8.83 Å². The van der Waals surface area contributed by atoms with Crippen LogP contribution in [0.25, 0.3) is 0 Å². The molecule has 1 atom stereocenters. The Morgan fingerprint density at radius 3 is 2.70 bits per heavy atom. The third-order valence-electron chi connectivity index (χ3n) is 4.73. The number of fused-ring (bicyclic) bond motifs is 1. The Balaban J connectivity index is 1.51. The molecular weight excluding hydrogens is 348 g/mol. The van der Waals surface area contributed by atoms with Crippen LogP contribution in [0.4, 0.5) is 0 Å². The molecule has 1 amide bonds. The lowest BCUT2D eigenvalue weighted by Crippen LogP contribution is -2.33. The average molecular weight is 366 g/mol. The SMILES string of the molecule is O=C1CC(c2ccco2)Cc2[nH]c(=O)c(C(=O)NCCc3ccco3)cc21. The second kappa shape index (κ2) is 7.11. The lowest BCUT2D eigenvalue weighted by Gasteiger charge is -2.22. The van der Waals surface area contributed by atoms with Crippen molar-refractivity contribution in [3.63, 3.8) is 0 Å². The number of H-pyrrole nitrogens is 1. The van der Waals surface area contributed by atoms with Crippen molar-refractivity contribution in [2.45, 2.75) is 25.2 Å². The quantitative estimate of drug-likeness (QED) is 0.721. The molecule has 1 aliphatic rings. The van der Waals surface area contributed by atoms with Gasteiger partial charge in [0.25, 0.3) is 11.5 Å². The minimum Gasteiger partial charge on any atom is -0.469 e. The number of Topliss-reactive ketones (excluding diaryl/α,β-unsaturated/α-hetero) is 1. The highest BCUT2D eigenvalue weighted by atomic mass is 16.3. The van der Waals surface area contributed by atoms with Crippen LogP contribution >= 0.6 is 0 Å². The van der Waals surface area contributed by atoms with E-state index >= 15 is 0 Å². The molecule has 0 bridgehead atoms. The second-order valence-electron chi connectivity index (χ2n) is 6.53. The zero-order valence-electron chi connectivity index (χ0n) is 14.5. The standard InChI is InChI=1S/C20H18N2O5/c23-17-10-12(18-4-2-8-27-18)9-16-14(17)11-15(20(25)22-16)19(24)21-6-5-13-3-1-7-26-13/h1-4,7-8,11-12H,5-6,9-10H2,(H,21,24)(H,22,25). The maximum Gasteiger partial charge on any atom is 0.261 e. The maximum atomic E-state index is 12.5. The predicted molar refractivity (Wildman–Crippen MR) is 95.9 cm³/mol. The van der Waals surface area contributed by atoms with Gasteiger partial charge < -0.3 is 19.1 Å². The van der Waals surface area contributed by atoms with Crippen molar-refractivity contribution < 1.29 is 18.4 Å². The molecule has 138 valence electrons. The van der Waals surface area contributed by atoms with Crippen molar-refractivity contribution in [1.29, 1.82) is 0 Å². The summed E-state index contributed by atoms with van der Waals surface area (Å²) in [7, 11) is 0. The van der Waals surface area contributed by atoms with E-state index in [2.05, 4.69) is 10.3 Å². The van der Waals surface area contributed by atoms with Crippen molar-refractivity contribution >= 4 is 11.7 Å². The fourth-order valence-electron chi connectivity index (χ4n) is 3.37. The molecule has 7 nitrogen and oxygen atoms in total. The summed E-state index contributed by atoms with van der Waals surface area (Å²) in [6.07, 6.45) is 4.42. The first-order valence-corrected chi connectivity index (χ1v) is 8.75. The number of carbonyl (C=O) groups excluding carboxylic acids is 2. The van der Waals surface area contributed by atoms with Crippen LogP contribution in [-0.2, 0) is 12.8 Å². The average Bonchev–Trinajstić information content (AvgIpc) is 3.35. The highest BCUT2D eigenvalue weighted by molar-refractivity contribution is 6.02. The summed E-state index contributed by atoms with van der Waals surface area (Å²) in [4.78, 5) is 39.9. The van der Waals surface area contributed by atoms with Gasteiger partial charge >= 0.3 is 0 Å². The Morgan fingerprint density at radius 2 is 1.96 bits per heavy atom. The van der Waals surface area contributed by atoms with Gasteiger partial charge in [-0.25, -0.2) is 0 Å². The van der Waals surface area contributed by atoms with E-state index in [1.165, 1.54) is 6.07 Å². The number of carbonyl (C=O) groups is 2. The number of rotatable bonds is 5. The molecule has 0 saturated heterocycles. The second-order valence-corrected chi connectivity index (χ2v) is 6.53. The van der Waals surface area contributed by atoms with Gasteiger partial charge in [-0.3, -0.25) is 14.4 Å². The van der Waals surface area contributed by atoms with Crippen LogP contribution in [0.15, 0.2) is 56.5 Å². The molecule has 1 unspecified atom stereocenters. The van der Waals surface area contributed by atoms with Crippen LogP contribution in [0.1, 0.15) is 50.3 Å². The van der Waals surface area contributed by atoms with Gasteiger partial charge in [-0.1, -0.05) is 0 Å². The largest absolute Gasteiger partial charge is 0.469 e. The van der Waals surface area contributed by atoms with Gasteiger partial charge in [0.15, 0.2) is 5.78 Å². The molecule has 4 rings (SSSR count). The molecule has 0 fully saturated rings. The predicted octanol–water partition coefficient (Wildman–Crippen LogP) is 2.45. The normalized spacial score (nSPS) is 16.1. The van der Waals surface area contributed by atoms with Gasteiger partial charge in [0.05, 0.1) is 12.5 Å². The third kappa shape index (κ3) is 3.48. The number of aromatic nitrogens is 1. The van der Waals surface area contributed by atoms with Crippen LogP contribution in [0.5, 0.6) is 0 Å². The number of ketones is 1. The zero-order chi connectivity index (χ0) is 18.8. The molecule has 27 heavy (non-hydrogen) atoms. The van der Waals surface area contributed by atoms with Crippen LogP contribution < -0.4 is 10.9 Å². The Labute approximate surface area is 154 Å². The van der Waals surface area contributed by atoms with E-state index < -0.39 is 11.5 Å². The van der Waals surface area contributed by atoms with Gasteiger partial charge in [0.1, 0.15) is 17.1 Å². The molecule has 0 radical (unpaired) electrons. The molecule has 3 heterocycles. The molecule has 3 aromatic rings. The summed E-state index contributed by atoms with van der Waals surface area (Å²) >= 11 is 0. The number of amides is 1. The van der Waals surface area contributed by atoms with Crippen molar-refractivity contribution in [2.75, 3.05) is 6.54 Å². The summed E-state index contributed by atoms with van der Waals surface area (Å²) in [6.45, 7) is 0.331. The van der Waals surface area contributed by atoms with Gasteiger partial charge in [0, 0.05) is 36.6 Å². The van der Waals surface area contributed by atoms with E-state index in [1.807, 2.05) is 12.1 Å². The zero-order valence-corrected chi connectivity index (χ0v) is 14.5. The van der Waals surface area contributed by atoms with E-state index in [0.717, 1.165) is 11.5 Å². The van der Waals surface area contributed by atoms with Crippen molar-refractivity contribution in [1.82, 2.24) is 10.3 Å². The monoisotopic (exact) mass is 366 g/mol. The summed E-state index contributed by atoms with van der Waals surface area (Å²) in [5, 5.41) is 2.69. The molecule has 0 aliphatic heterocycles. The van der Waals surface area contributed by atoms with Crippen LogP contribution in [0, 0.1) is 0 Å². The van der Waals surface area contributed by atoms with E-state index in [0.29, 0.717) is 30.6 Å². The first kappa shape index (κ1) is 17.1. The minimum atomic E-state index is -0.508. The van der Waals surface area contributed by atoms with Gasteiger partial charge in [-0.05, 0) is 36.8 Å². The highest BCUT2D eigenvalue weighted by Gasteiger charge is 2.30. The van der Waals surface area contributed by atoms with E-state index in [1.54, 1.807) is 24.7 Å². The van der Waals surface area contributed by atoms with E-state index in [9.17, 15) is 14.4 Å². The fourth-order valence-corrected chi connectivity index (χ4v) is 3.37. The number of pyridine rings is 1. The highest BCUT2D eigenvalue weighted by Crippen LogP contribution is 2.31. The number of hydrogen-bond acceptors (Lipinski definition) is 5.